The molecular weight excluding hydrogens is 328 g/mol. The zero-order valence-electron chi connectivity index (χ0n) is 13.8. The zero-order chi connectivity index (χ0) is 17.7. The van der Waals surface area contributed by atoms with Gasteiger partial charge in [-0.15, -0.1) is 4.83 Å². The smallest absolute Gasteiger partial charge is 0.272 e. The highest BCUT2D eigenvalue weighted by Gasteiger charge is 2.17. The second-order valence-corrected chi connectivity index (χ2v) is 7.18. The van der Waals surface area contributed by atoms with Gasteiger partial charge < -0.3 is 4.74 Å². The van der Waals surface area contributed by atoms with Crippen LogP contribution in [-0.2, 0) is 14.8 Å². The molecule has 2 aromatic carbocycles. The lowest BCUT2D eigenvalue weighted by Crippen LogP contribution is -2.43. The summed E-state index contributed by atoms with van der Waals surface area (Å²) in [4.78, 5) is 13.9. The van der Waals surface area contributed by atoms with Crippen molar-refractivity contribution in [1.82, 2.24) is 10.3 Å². The zero-order valence-corrected chi connectivity index (χ0v) is 14.6. The Morgan fingerprint density at radius 3 is 2.25 bits per heavy atom. The summed E-state index contributed by atoms with van der Waals surface area (Å²) >= 11 is 0. The lowest BCUT2D eigenvalue weighted by Gasteiger charge is -2.11. The highest BCUT2D eigenvalue weighted by Crippen LogP contribution is 2.15. The van der Waals surface area contributed by atoms with Crippen LogP contribution >= 0.6 is 0 Å². The number of carbonyl (C=O) groups excluding carboxylic acids is 1. The molecule has 0 saturated heterocycles. The molecule has 2 N–H and O–H groups in total. The first-order valence-electron chi connectivity index (χ1n) is 7.35. The van der Waals surface area contributed by atoms with E-state index in [1.54, 1.807) is 31.2 Å². The third-order valence-corrected chi connectivity index (χ3v) is 4.74. The van der Waals surface area contributed by atoms with Gasteiger partial charge in [0.2, 0.25) is 0 Å². The summed E-state index contributed by atoms with van der Waals surface area (Å²) < 4.78 is 29.7. The molecule has 0 spiro atoms. The van der Waals surface area contributed by atoms with Crippen molar-refractivity contribution < 1.29 is 17.9 Å². The van der Waals surface area contributed by atoms with Gasteiger partial charge in [-0.1, -0.05) is 35.4 Å². The summed E-state index contributed by atoms with van der Waals surface area (Å²) in [6, 6.07) is 12.2. The van der Waals surface area contributed by atoms with Crippen LogP contribution in [0, 0.1) is 20.8 Å². The number of sulfonamides is 1. The number of hydrazine groups is 1. The van der Waals surface area contributed by atoms with Crippen LogP contribution in [-0.4, -0.2) is 20.9 Å². The van der Waals surface area contributed by atoms with E-state index in [0.29, 0.717) is 11.3 Å². The van der Waals surface area contributed by atoms with Crippen LogP contribution in [0.1, 0.15) is 16.7 Å². The van der Waals surface area contributed by atoms with Crippen molar-refractivity contribution in [2.45, 2.75) is 25.7 Å². The number of amides is 1. The van der Waals surface area contributed by atoms with Crippen LogP contribution in [0.4, 0.5) is 0 Å². The van der Waals surface area contributed by atoms with Crippen molar-refractivity contribution in [3.8, 4) is 5.75 Å². The van der Waals surface area contributed by atoms with Gasteiger partial charge in [-0.3, -0.25) is 10.2 Å². The molecule has 0 fully saturated rings. The van der Waals surface area contributed by atoms with Crippen LogP contribution in [0.5, 0.6) is 5.75 Å². The minimum Gasteiger partial charge on any atom is -0.484 e. The fourth-order valence-corrected chi connectivity index (χ4v) is 3.19. The van der Waals surface area contributed by atoms with Gasteiger partial charge in [0.15, 0.2) is 6.61 Å². The standard InChI is InChI=1S/C17H20N2O4S/c1-12-4-7-15(8-5-12)23-11-17(20)18-19-24(21,22)16-9-6-13(2)10-14(16)3/h4-10,19H,11H2,1-3H3,(H,18,20). The van der Waals surface area contributed by atoms with Gasteiger partial charge in [0.05, 0.1) is 4.90 Å². The second kappa shape index (κ2) is 7.46. The highest BCUT2D eigenvalue weighted by atomic mass is 32.2. The van der Waals surface area contributed by atoms with E-state index in [0.717, 1.165) is 11.1 Å². The van der Waals surface area contributed by atoms with E-state index in [9.17, 15) is 13.2 Å². The number of ether oxygens (including phenoxy) is 1. The van der Waals surface area contributed by atoms with E-state index in [2.05, 4.69) is 10.3 Å². The largest absolute Gasteiger partial charge is 0.484 e. The molecule has 0 aliphatic heterocycles. The van der Waals surface area contributed by atoms with E-state index in [1.807, 2.05) is 26.0 Å². The Hall–Kier alpha value is -2.38. The minimum absolute atomic E-state index is 0.118. The Balaban J connectivity index is 1.91. The summed E-state index contributed by atoms with van der Waals surface area (Å²) in [7, 11) is -3.83. The van der Waals surface area contributed by atoms with Crippen LogP contribution in [0.2, 0.25) is 0 Å². The third-order valence-electron chi connectivity index (χ3n) is 3.34. The van der Waals surface area contributed by atoms with Gasteiger partial charge in [0.25, 0.3) is 15.9 Å². The maximum Gasteiger partial charge on any atom is 0.272 e. The van der Waals surface area contributed by atoms with Crippen molar-refractivity contribution >= 4 is 15.9 Å². The predicted octanol–water partition coefficient (Wildman–Crippen LogP) is 2.00. The molecule has 2 rings (SSSR count). The van der Waals surface area contributed by atoms with Gasteiger partial charge >= 0.3 is 0 Å². The highest BCUT2D eigenvalue weighted by molar-refractivity contribution is 7.89. The van der Waals surface area contributed by atoms with Gasteiger partial charge in [-0.25, -0.2) is 8.42 Å². The van der Waals surface area contributed by atoms with Crippen LogP contribution in [0.3, 0.4) is 0 Å². The Morgan fingerprint density at radius 2 is 1.62 bits per heavy atom. The summed E-state index contributed by atoms with van der Waals surface area (Å²) in [5.74, 6) is -0.0584. The molecule has 0 saturated carbocycles. The first kappa shape index (κ1) is 18.0. The summed E-state index contributed by atoms with van der Waals surface area (Å²) in [6.07, 6.45) is 0. The van der Waals surface area contributed by atoms with E-state index >= 15 is 0 Å². The molecule has 0 unspecified atom stereocenters. The number of benzene rings is 2. The fourth-order valence-electron chi connectivity index (χ4n) is 2.10. The Morgan fingerprint density at radius 1 is 1.00 bits per heavy atom. The van der Waals surface area contributed by atoms with Crippen molar-refractivity contribution in [1.29, 1.82) is 0 Å². The maximum absolute atomic E-state index is 12.2. The molecule has 0 bridgehead atoms. The van der Waals surface area contributed by atoms with Crippen LogP contribution in [0.25, 0.3) is 0 Å². The molecular formula is C17H20N2O4S. The normalized spacial score (nSPS) is 11.1. The molecule has 0 radical (unpaired) electrons. The number of aryl methyl sites for hydroxylation is 3. The van der Waals surface area contributed by atoms with E-state index in [1.165, 1.54) is 6.07 Å². The number of rotatable bonds is 6. The second-order valence-electron chi connectivity index (χ2n) is 5.52. The van der Waals surface area contributed by atoms with Crippen molar-refractivity contribution in [3.05, 3.63) is 59.2 Å². The monoisotopic (exact) mass is 348 g/mol. The number of hydrogen-bond acceptors (Lipinski definition) is 4. The Kier molecular flexibility index (Phi) is 5.58. The molecule has 24 heavy (non-hydrogen) atoms. The number of hydrogen-bond donors (Lipinski definition) is 2. The Labute approximate surface area is 141 Å². The van der Waals surface area contributed by atoms with Crippen molar-refractivity contribution in [3.63, 3.8) is 0 Å². The molecule has 0 atom stereocenters. The van der Waals surface area contributed by atoms with Crippen LogP contribution < -0.4 is 15.0 Å². The molecule has 128 valence electrons. The van der Waals surface area contributed by atoms with Gasteiger partial charge in [-0.2, -0.15) is 0 Å². The molecule has 0 aliphatic rings. The summed E-state index contributed by atoms with van der Waals surface area (Å²) in [5.41, 5.74) is 4.78. The molecule has 0 heterocycles. The van der Waals surface area contributed by atoms with Crippen LogP contribution in [0.15, 0.2) is 47.4 Å². The lowest BCUT2D eigenvalue weighted by molar-refractivity contribution is -0.123. The van der Waals surface area contributed by atoms with E-state index in [-0.39, 0.29) is 11.5 Å². The van der Waals surface area contributed by atoms with Gasteiger partial charge in [0.1, 0.15) is 5.75 Å². The quantitative estimate of drug-likeness (QED) is 0.782. The van der Waals surface area contributed by atoms with Gasteiger partial charge in [-0.05, 0) is 44.5 Å². The number of carbonyl (C=O) groups is 1. The average molecular weight is 348 g/mol. The topological polar surface area (TPSA) is 84.5 Å². The predicted molar refractivity (Wildman–Crippen MR) is 91.1 cm³/mol. The Bertz CT molecular complexity index is 830. The average Bonchev–Trinajstić information content (AvgIpc) is 2.52. The molecule has 0 aliphatic carbocycles. The minimum atomic E-state index is -3.83. The first-order chi connectivity index (χ1) is 11.3. The SMILES string of the molecule is Cc1ccc(OCC(=O)NNS(=O)(=O)c2ccc(C)cc2C)cc1. The molecule has 2 aromatic rings. The van der Waals surface area contributed by atoms with Crippen molar-refractivity contribution in [2.75, 3.05) is 6.61 Å². The maximum atomic E-state index is 12.2. The third kappa shape index (κ3) is 4.81. The first-order valence-corrected chi connectivity index (χ1v) is 8.83. The van der Waals surface area contributed by atoms with Gasteiger partial charge in [0, 0.05) is 0 Å². The molecule has 1 amide bonds. The van der Waals surface area contributed by atoms with Crippen molar-refractivity contribution in [2.24, 2.45) is 0 Å². The molecule has 0 aromatic heterocycles. The lowest BCUT2D eigenvalue weighted by atomic mass is 10.2. The summed E-state index contributed by atoms with van der Waals surface area (Å²) in [6.45, 7) is 5.22. The van der Waals surface area contributed by atoms with E-state index < -0.39 is 15.9 Å². The fraction of sp³-hybridized carbons (Fsp3) is 0.235. The van der Waals surface area contributed by atoms with E-state index in [4.69, 9.17) is 4.74 Å². The summed E-state index contributed by atoms with van der Waals surface area (Å²) in [5, 5.41) is 0. The molecule has 7 heteroatoms. The molecule has 6 nitrogen and oxygen atoms in total. The number of nitrogens with one attached hydrogen (secondary N) is 2.